The van der Waals surface area contributed by atoms with Gasteiger partial charge < -0.3 is 14.2 Å². The van der Waals surface area contributed by atoms with E-state index in [1.54, 1.807) is 20.8 Å². The van der Waals surface area contributed by atoms with E-state index in [-0.39, 0.29) is 26.2 Å². The van der Waals surface area contributed by atoms with E-state index in [2.05, 4.69) is 0 Å². The highest BCUT2D eigenvalue weighted by Gasteiger charge is 2.40. The van der Waals surface area contributed by atoms with Crippen molar-refractivity contribution in [1.29, 1.82) is 0 Å². The SMILES string of the molecule is CC(C)(C)OC(=O)N1COC(=O)[C@H]1CCC(=O)OCc1ccccc1. The molecule has 1 aliphatic heterocycles. The van der Waals surface area contributed by atoms with Gasteiger partial charge in [-0.2, -0.15) is 0 Å². The molecule has 0 unspecified atom stereocenters. The molecular weight excluding hydrogens is 326 g/mol. The Morgan fingerprint density at radius 3 is 2.56 bits per heavy atom. The lowest BCUT2D eigenvalue weighted by Gasteiger charge is -2.25. The first kappa shape index (κ1) is 18.8. The van der Waals surface area contributed by atoms with Crippen LogP contribution in [0.15, 0.2) is 30.3 Å². The van der Waals surface area contributed by atoms with E-state index < -0.39 is 29.7 Å². The molecule has 1 fully saturated rings. The van der Waals surface area contributed by atoms with Gasteiger partial charge in [-0.25, -0.2) is 9.59 Å². The van der Waals surface area contributed by atoms with Crippen molar-refractivity contribution < 1.29 is 28.6 Å². The quantitative estimate of drug-likeness (QED) is 0.600. The predicted molar refractivity (Wildman–Crippen MR) is 88.3 cm³/mol. The maximum atomic E-state index is 12.1. The second-order valence-corrected chi connectivity index (χ2v) is 6.74. The number of carbonyl (C=O) groups is 3. The number of ether oxygens (including phenoxy) is 3. The zero-order valence-corrected chi connectivity index (χ0v) is 14.7. The molecule has 0 aromatic heterocycles. The third-order valence-electron chi connectivity index (χ3n) is 3.49. The number of carbonyl (C=O) groups excluding carboxylic acids is 3. The molecule has 1 aromatic rings. The maximum Gasteiger partial charge on any atom is 0.413 e. The number of hydrogen-bond donors (Lipinski definition) is 0. The first-order valence-electron chi connectivity index (χ1n) is 8.12. The third kappa shape index (κ3) is 5.77. The molecule has 1 atom stereocenters. The van der Waals surface area contributed by atoms with Crippen LogP contribution in [0.5, 0.6) is 0 Å². The van der Waals surface area contributed by atoms with Gasteiger partial charge in [0.15, 0.2) is 6.73 Å². The highest BCUT2D eigenvalue weighted by molar-refractivity contribution is 5.84. The molecule has 7 heteroatoms. The lowest BCUT2D eigenvalue weighted by atomic mass is 10.1. The van der Waals surface area contributed by atoms with Gasteiger partial charge in [0, 0.05) is 6.42 Å². The Morgan fingerprint density at radius 2 is 1.92 bits per heavy atom. The van der Waals surface area contributed by atoms with Crippen LogP contribution in [-0.4, -0.2) is 41.3 Å². The first-order chi connectivity index (χ1) is 11.8. The number of benzene rings is 1. The summed E-state index contributed by atoms with van der Waals surface area (Å²) in [6, 6.07) is 8.46. The van der Waals surface area contributed by atoms with Crippen LogP contribution in [0.3, 0.4) is 0 Å². The fraction of sp³-hybridized carbons (Fsp3) is 0.500. The largest absolute Gasteiger partial charge is 0.461 e. The van der Waals surface area contributed by atoms with Crippen molar-refractivity contribution in [2.45, 2.75) is 51.9 Å². The highest BCUT2D eigenvalue weighted by atomic mass is 16.6. The number of rotatable bonds is 5. The fourth-order valence-corrected chi connectivity index (χ4v) is 2.29. The molecule has 0 saturated carbocycles. The summed E-state index contributed by atoms with van der Waals surface area (Å²) in [6.45, 7) is 5.21. The summed E-state index contributed by atoms with van der Waals surface area (Å²) >= 11 is 0. The fourth-order valence-electron chi connectivity index (χ4n) is 2.29. The standard InChI is InChI=1S/C18H23NO6/c1-18(2,3)25-17(22)19-12-24-16(21)14(19)9-10-15(20)23-11-13-7-5-4-6-8-13/h4-8,14H,9-12H2,1-3H3/t14-/m1/s1. The second-order valence-electron chi connectivity index (χ2n) is 6.74. The van der Waals surface area contributed by atoms with Gasteiger partial charge in [0.1, 0.15) is 18.2 Å². The normalized spacial score (nSPS) is 17.2. The summed E-state index contributed by atoms with van der Waals surface area (Å²) in [5.74, 6) is -0.977. The molecule has 2 rings (SSSR count). The molecular formula is C18H23NO6. The smallest absolute Gasteiger partial charge is 0.413 e. The number of cyclic esters (lactones) is 1. The molecule has 0 aliphatic carbocycles. The lowest BCUT2D eigenvalue weighted by molar-refractivity contribution is -0.145. The Morgan fingerprint density at radius 1 is 1.24 bits per heavy atom. The van der Waals surface area contributed by atoms with E-state index >= 15 is 0 Å². The van der Waals surface area contributed by atoms with Gasteiger partial charge in [0.25, 0.3) is 0 Å². The van der Waals surface area contributed by atoms with Crippen molar-refractivity contribution in [3.8, 4) is 0 Å². The summed E-state index contributed by atoms with van der Waals surface area (Å²) in [5.41, 5.74) is 0.202. The molecule has 1 aromatic carbocycles. The van der Waals surface area contributed by atoms with E-state index in [1.165, 1.54) is 4.90 Å². The first-order valence-corrected chi connectivity index (χ1v) is 8.12. The molecule has 0 radical (unpaired) electrons. The molecule has 7 nitrogen and oxygen atoms in total. The summed E-state index contributed by atoms with van der Waals surface area (Å²) < 4.78 is 15.3. The van der Waals surface area contributed by atoms with E-state index in [1.807, 2.05) is 30.3 Å². The Balaban J connectivity index is 1.83. The molecule has 1 aliphatic rings. The average molecular weight is 349 g/mol. The zero-order chi connectivity index (χ0) is 18.4. The van der Waals surface area contributed by atoms with E-state index in [0.29, 0.717) is 0 Å². The van der Waals surface area contributed by atoms with Crippen LogP contribution in [0.1, 0.15) is 39.2 Å². The van der Waals surface area contributed by atoms with Gasteiger partial charge in [-0.3, -0.25) is 9.69 Å². The second kappa shape index (κ2) is 8.00. The molecule has 1 heterocycles. The van der Waals surface area contributed by atoms with Crippen LogP contribution in [0.2, 0.25) is 0 Å². The van der Waals surface area contributed by atoms with Gasteiger partial charge in [-0.1, -0.05) is 30.3 Å². The molecule has 0 bridgehead atoms. The number of amides is 1. The molecule has 1 saturated heterocycles. The van der Waals surface area contributed by atoms with E-state index in [4.69, 9.17) is 14.2 Å². The van der Waals surface area contributed by atoms with Crippen LogP contribution >= 0.6 is 0 Å². The van der Waals surface area contributed by atoms with Crippen molar-refractivity contribution in [1.82, 2.24) is 4.90 Å². The molecule has 0 N–H and O–H groups in total. The van der Waals surface area contributed by atoms with Crippen LogP contribution in [0.25, 0.3) is 0 Å². The van der Waals surface area contributed by atoms with Gasteiger partial charge in [0.05, 0.1) is 0 Å². The summed E-state index contributed by atoms with van der Waals surface area (Å²) in [6.07, 6.45) is -0.501. The monoisotopic (exact) mass is 349 g/mol. The molecule has 0 spiro atoms. The summed E-state index contributed by atoms with van der Waals surface area (Å²) in [4.78, 5) is 37.0. The van der Waals surface area contributed by atoms with Gasteiger partial charge in [-0.05, 0) is 32.8 Å². The van der Waals surface area contributed by atoms with Crippen molar-refractivity contribution in [3.63, 3.8) is 0 Å². The maximum absolute atomic E-state index is 12.1. The van der Waals surface area contributed by atoms with E-state index in [9.17, 15) is 14.4 Å². The topological polar surface area (TPSA) is 82.1 Å². The van der Waals surface area contributed by atoms with Crippen molar-refractivity contribution in [3.05, 3.63) is 35.9 Å². The van der Waals surface area contributed by atoms with E-state index in [0.717, 1.165) is 5.56 Å². The summed E-state index contributed by atoms with van der Waals surface area (Å²) in [7, 11) is 0. The Bertz CT molecular complexity index is 622. The van der Waals surface area contributed by atoms with Crippen molar-refractivity contribution >= 4 is 18.0 Å². The lowest BCUT2D eigenvalue weighted by Crippen LogP contribution is -2.41. The van der Waals surface area contributed by atoms with Crippen LogP contribution in [0.4, 0.5) is 4.79 Å². The number of hydrogen-bond acceptors (Lipinski definition) is 6. The Kier molecular flexibility index (Phi) is 6.01. The minimum Gasteiger partial charge on any atom is -0.461 e. The highest BCUT2D eigenvalue weighted by Crippen LogP contribution is 2.20. The molecule has 25 heavy (non-hydrogen) atoms. The molecule has 136 valence electrons. The van der Waals surface area contributed by atoms with Crippen molar-refractivity contribution in [2.24, 2.45) is 0 Å². The van der Waals surface area contributed by atoms with Gasteiger partial charge >= 0.3 is 18.0 Å². The van der Waals surface area contributed by atoms with Crippen LogP contribution in [0, 0.1) is 0 Å². The van der Waals surface area contributed by atoms with Crippen LogP contribution < -0.4 is 0 Å². The minimum absolute atomic E-state index is 0.00585. The zero-order valence-electron chi connectivity index (χ0n) is 14.7. The van der Waals surface area contributed by atoms with Gasteiger partial charge in [0.2, 0.25) is 0 Å². The third-order valence-corrected chi connectivity index (χ3v) is 3.49. The number of esters is 2. The summed E-state index contributed by atoms with van der Waals surface area (Å²) in [5, 5.41) is 0. The van der Waals surface area contributed by atoms with Crippen molar-refractivity contribution in [2.75, 3.05) is 6.73 Å². The van der Waals surface area contributed by atoms with Gasteiger partial charge in [-0.15, -0.1) is 0 Å². The molecule has 1 amide bonds. The predicted octanol–water partition coefficient (Wildman–Crippen LogP) is 2.63. The Hall–Kier alpha value is -2.57. The Labute approximate surface area is 146 Å². The average Bonchev–Trinajstić information content (AvgIpc) is 2.91. The van der Waals surface area contributed by atoms with Crippen LogP contribution in [-0.2, 0) is 30.4 Å². The minimum atomic E-state index is -0.834. The number of nitrogens with zero attached hydrogens (tertiary/aromatic N) is 1.